The molecule has 0 saturated heterocycles. The first kappa shape index (κ1) is 9.30. The van der Waals surface area contributed by atoms with E-state index in [1.807, 2.05) is 6.92 Å². The second kappa shape index (κ2) is 2.92. The number of carboxylic acids is 1. The van der Waals surface area contributed by atoms with E-state index in [-0.39, 0.29) is 11.3 Å². The second-order valence-corrected chi connectivity index (χ2v) is 4.41. The summed E-state index contributed by atoms with van der Waals surface area (Å²) in [5, 5.41) is 8.90. The number of rotatable bonds is 1. The van der Waals surface area contributed by atoms with Gasteiger partial charge in [0.25, 0.3) is 0 Å². The van der Waals surface area contributed by atoms with Gasteiger partial charge in [-0.25, -0.2) is 0 Å². The van der Waals surface area contributed by atoms with Crippen molar-refractivity contribution in [3.63, 3.8) is 0 Å². The quantitative estimate of drug-likeness (QED) is 0.610. The van der Waals surface area contributed by atoms with Crippen molar-refractivity contribution in [2.24, 2.45) is 11.3 Å². The first-order chi connectivity index (χ1) is 5.42. The Morgan fingerprint density at radius 2 is 2.25 bits per heavy atom. The first-order valence-corrected chi connectivity index (χ1v) is 4.32. The molecule has 0 spiro atoms. The number of hydrogen-bond acceptors (Lipinski definition) is 1. The molecule has 0 radical (unpaired) electrons. The molecule has 0 aromatic rings. The van der Waals surface area contributed by atoms with E-state index in [4.69, 9.17) is 5.11 Å². The molecule has 0 fully saturated rings. The molecule has 0 unspecified atom stereocenters. The number of carbonyl (C=O) groups is 1. The van der Waals surface area contributed by atoms with Crippen LogP contribution in [0.25, 0.3) is 0 Å². The van der Waals surface area contributed by atoms with Gasteiger partial charge in [-0.05, 0) is 25.2 Å². The smallest absolute Gasteiger partial charge is 0.310 e. The third-order valence-electron chi connectivity index (χ3n) is 2.58. The molecule has 2 nitrogen and oxygen atoms in total. The molecular formula is C10H16O2. The molecule has 1 N–H and O–H groups in total. The largest absolute Gasteiger partial charge is 0.481 e. The van der Waals surface area contributed by atoms with Crippen molar-refractivity contribution in [2.45, 2.75) is 33.6 Å². The first-order valence-electron chi connectivity index (χ1n) is 4.32. The fourth-order valence-corrected chi connectivity index (χ4v) is 1.66. The molecule has 0 saturated carbocycles. The highest BCUT2D eigenvalue weighted by Gasteiger charge is 2.31. The maximum absolute atomic E-state index is 10.8. The molecule has 1 aliphatic rings. The normalized spacial score (nSPS) is 27.9. The van der Waals surface area contributed by atoms with E-state index in [1.165, 1.54) is 0 Å². The zero-order valence-corrected chi connectivity index (χ0v) is 7.92. The molecule has 0 amide bonds. The topological polar surface area (TPSA) is 37.3 Å². The van der Waals surface area contributed by atoms with Crippen LogP contribution in [0.4, 0.5) is 0 Å². The summed E-state index contributed by atoms with van der Waals surface area (Å²) >= 11 is 0. The highest BCUT2D eigenvalue weighted by Crippen LogP contribution is 2.37. The van der Waals surface area contributed by atoms with Crippen LogP contribution in [0.1, 0.15) is 33.6 Å². The van der Waals surface area contributed by atoms with Gasteiger partial charge in [0.05, 0.1) is 5.92 Å². The fraction of sp³-hybridized carbons (Fsp3) is 0.700. The lowest BCUT2D eigenvalue weighted by Crippen LogP contribution is -2.27. The number of allylic oxidation sites excluding steroid dienone is 1. The lowest BCUT2D eigenvalue weighted by Gasteiger charge is -2.31. The Labute approximate surface area is 73.3 Å². The van der Waals surface area contributed by atoms with Gasteiger partial charge in [0.15, 0.2) is 0 Å². The summed E-state index contributed by atoms with van der Waals surface area (Å²) in [6.45, 7) is 6.14. The van der Waals surface area contributed by atoms with Crippen LogP contribution in [0.2, 0.25) is 0 Å². The zero-order valence-electron chi connectivity index (χ0n) is 7.92. The fourth-order valence-electron chi connectivity index (χ4n) is 1.66. The Balaban J connectivity index is 2.82. The van der Waals surface area contributed by atoms with Crippen molar-refractivity contribution >= 4 is 5.97 Å². The molecule has 0 aromatic heterocycles. The van der Waals surface area contributed by atoms with Crippen molar-refractivity contribution < 1.29 is 9.90 Å². The predicted molar refractivity (Wildman–Crippen MR) is 47.9 cm³/mol. The number of aliphatic carboxylic acids is 1. The van der Waals surface area contributed by atoms with Crippen LogP contribution in [0, 0.1) is 11.3 Å². The van der Waals surface area contributed by atoms with Gasteiger partial charge in [-0.1, -0.05) is 25.5 Å². The molecule has 12 heavy (non-hydrogen) atoms. The lowest BCUT2D eigenvalue weighted by molar-refractivity contribution is -0.141. The van der Waals surface area contributed by atoms with Crippen LogP contribution >= 0.6 is 0 Å². The van der Waals surface area contributed by atoms with Crippen molar-refractivity contribution in [3.05, 3.63) is 11.6 Å². The summed E-state index contributed by atoms with van der Waals surface area (Å²) in [4.78, 5) is 10.8. The van der Waals surface area contributed by atoms with Gasteiger partial charge in [0, 0.05) is 0 Å². The minimum atomic E-state index is -0.684. The molecule has 0 aliphatic heterocycles. The number of hydrogen-bond donors (Lipinski definition) is 1. The van der Waals surface area contributed by atoms with Gasteiger partial charge in [-0.3, -0.25) is 4.79 Å². The average molecular weight is 168 g/mol. The molecule has 0 bridgehead atoms. The standard InChI is InChI=1S/C10H16O2/c1-7-4-5-10(2,3)6-8(7)9(11)12/h4,8H,5-6H2,1-3H3,(H,11,12)/t8-/m1/s1. The summed E-state index contributed by atoms with van der Waals surface area (Å²) < 4.78 is 0. The summed E-state index contributed by atoms with van der Waals surface area (Å²) in [6.07, 6.45) is 3.83. The Kier molecular flexibility index (Phi) is 2.27. The summed E-state index contributed by atoms with van der Waals surface area (Å²) in [6, 6.07) is 0. The SMILES string of the molecule is CC1=CCC(C)(C)C[C@H]1C(=O)O. The molecule has 1 atom stereocenters. The summed E-state index contributed by atoms with van der Waals surface area (Å²) in [5.41, 5.74) is 1.17. The van der Waals surface area contributed by atoms with Crippen LogP contribution in [-0.4, -0.2) is 11.1 Å². The summed E-state index contributed by atoms with van der Waals surface area (Å²) in [7, 11) is 0. The van der Waals surface area contributed by atoms with Crippen LogP contribution in [0.15, 0.2) is 11.6 Å². The summed E-state index contributed by atoms with van der Waals surface area (Å²) in [5.74, 6) is -0.940. The average Bonchev–Trinajstić information content (AvgIpc) is 1.94. The van der Waals surface area contributed by atoms with E-state index < -0.39 is 5.97 Å². The molecule has 0 aromatic carbocycles. The Morgan fingerprint density at radius 1 is 1.67 bits per heavy atom. The molecular weight excluding hydrogens is 152 g/mol. The number of carboxylic acid groups (broad SMARTS) is 1. The minimum absolute atomic E-state index is 0.155. The van der Waals surface area contributed by atoms with E-state index >= 15 is 0 Å². The van der Waals surface area contributed by atoms with Crippen molar-refractivity contribution in [3.8, 4) is 0 Å². The highest BCUT2D eigenvalue weighted by molar-refractivity contribution is 5.73. The van der Waals surface area contributed by atoms with Gasteiger partial charge in [-0.2, -0.15) is 0 Å². The molecule has 1 rings (SSSR count). The predicted octanol–water partition coefficient (Wildman–Crippen LogP) is 2.45. The monoisotopic (exact) mass is 168 g/mol. The van der Waals surface area contributed by atoms with Crippen LogP contribution < -0.4 is 0 Å². The van der Waals surface area contributed by atoms with Crippen LogP contribution in [0.5, 0.6) is 0 Å². The van der Waals surface area contributed by atoms with Gasteiger partial charge < -0.3 is 5.11 Å². The highest BCUT2D eigenvalue weighted by atomic mass is 16.4. The maximum Gasteiger partial charge on any atom is 0.310 e. The molecule has 2 heteroatoms. The minimum Gasteiger partial charge on any atom is -0.481 e. The Bertz CT molecular complexity index is 226. The van der Waals surface area contributed by atoms with Gasteiger partial charge in [0.2, 0.25) is 0 Å². The second-order valence-electron chi connectivity index (χ2n) is 4.41. The van der Waals surface area contributed by atoms with Crippen LogP contribution in [-0.2, 0) is 4.79 Å². The lowest BCUT2D eigenvalue weighted by atomic mass is 9.73. The third-order valence-corrected chi connectivity index (χ3v) is 2.58. The van der Waals surface area contributed by atoms with E-state index in [1.54, 1.807) is 0 Å². The van der Waals surface area contributed by atoms with Crippen LogP contribution in [0.3, 0.4) is 0 Å². The van der Waals surface area contributed by atoms with Crippen molar-refractivity contribution in [1.29, 1.82) is 0 Å². The Morgan fingerprint density at radius 3 is 2.67 bits per heavy atom. The van der Waals surface area contributed by atoms with E-state index in [9.17, 15) is 4.79 Å². The maximum atomic E-state index is 10.8. The van der Waals surface area contributed by atoms with E-state index in [0.29, 0.717) is 0 Å². The van der Waals surface area contributed by atoms with Gasteiger partial charge in [-0.15, -0.1) is 0 Å². The van der Waals surface area contributed by atoms with E-state index in [0.717, 1.165) is 18.4 Å². The molecule has 68 valence electrons. The van der Waals surface area contributed by atoms with E-state index in [2.05, 4.69) is 19.9 Å². The van der Waals surface area contributed by atoms with Crippen molar-refractivity contribution in [1.82, 2.24) is 0 Å². The van der Waals surface area contributed by atoms with Crippen molar-refractivity contribution in [2.75, 3.05) is 0 Å². The zero-order chi connectivity index (χ0) is 9.35. The van der Waals surface area contributed by atoms with Gasteiger partial charge in [0.1, 0.15) is 0 Å². The Hall–Kier alpha value is -0.790. The molecule has 1 aliphatic carbocycles. The third kappa shape index (κ3) is 1.87. The van der Waals surface area contributed by atoms with Gasteiger partial charge >= 0.3 is 5.97 Å². The molecule has 0 heterocycles.